The van der Waals surface area contributed by atoms with E-state index in [1.165, 1.54) is 56.6 Å². The van der Waals surface area contributed by atoms with E-state index in [9.17, 15) is 4.39 Å². The second-order valence-electron chi connectivity index (χ2n) is 23.1. The maximum absolute atomic E-state index is 12.7. The average Bonchev–Trinajstić information content (AvgIpc) is 3.78. The Labute approximate surface area is 462 Å². The number of pyridine rings is 1. The maximum atomic E-state index is 12.7. The van der Waals surface area contributed by atoms with Gasteiger partial charge in [0.15, 0.2) is 0 Å². The predicted octanol–water partition coefficient (Wildman–Crippen LogP) is 16.2. The number of para-hydroxylation sites is 3. The zero-order valence-corrected chi connectivity index (χ0v) is 47.9. The minimum atomic E-state index is -0.275. The van der Waals surface area contributed by atoms with Crippen LogP contribution in [0.15, 0.2) is 152 Å². The minimum absolute atomic E-state index is 0. The fourth-order valence-electron chi connectivity index (χ4n) is 10.7. The Kier molecular flexibility index (Phi) is 13.8. The van der Waals surface area contributed by atoms with Gasteiger partial charge in [0.25, 0.3) is 6.71 Å². The van der Waals surface area contributed by atoms with Crippen LogP contribution in [-0.4, -0.2) is 21.2 Å². The molecule has 0 saturated heterocycles. The molecule has 0 bridgehead atoms. The van der Waals surface area contributed by atoms with Crippen molar-refractivity contribution in [3.8, 4) is 62.5 Å². The Morgan fingerprint density at radius 2 is 1.24 bits per heavy atom. The van der Waals surface area contributed by atoms with Crippen LogP contribution in [-0.2, 0) is 30.9 Å². The van der Waals surface area contributed by atoms with Gasteiger partial charge in [0, 0.05) is 48.7 Å². The zero-order valence-electron chi connectivity index (χ0n) is 45.5. The second kappa shape index (κ2) is 20.1. The minimum Gasteiger partial charge on any atom is -0.458 e. The van der Waals surface area contributed by atoms with Crippen molar-refractivity contribution in [2.24, 2.45) is 0 Å². The molecule has 383 valence electrons. The van der Waals surface area contributed by atoms with Gasteiger partial charge in [-0.3, -0.25) is 9.37 Å². The molecule has 2 aliphatic rings. The van der Waals surface area contributed by atoms with Crippen LogP contribution in [0, 0.1) is 31.8 Å². The Bertz CT molecular complexity index is 3790. The van der Waals surface area contributed by atoms with E-state index in [1.807, 2.05) is 26.1 Å². The van der Waals surface area contributed by atoms with E-state index in [1.54, 1.807) is 6.07 Å². The molecule has 4 heterocycles. The summed E-state index contributed by atoms with van der Waals surface area (Å²) in [7, 11) is 0. The zero-order chi connectivity index (χ0) is 52.7. The van der Waals surface area contributed by atoms with Gasteiger partial charge in [-0.05, 0) is 117 Å². The van der Waals surface area contributed by atoms with Gasteiger partial charge in [0.1, 0.15) is 23.0 Å². The van der Waals surface area contributed by atoms with Crippen LogP contribution in [0.3, 0.4) is 0 Å². The van der Waals surface area contributed by atoms with Crippen molar-refractivity contribution in [1.82, 2.24) is 14.5 Å². The number of halogens is 1. The third kappa shape index (κ3) is 9.60. The number of fused-ring (bicyclic) bond motifs is 7. The summed E-state index contributed by atoms with van der Waals surface area (Å²) in [6.07, 6.45) is 1.82. The molecule has 10 aromatic rings. The third-order valence-electron chi connectivity index (χ3n) is 15.1. The van der Waals surface area contributed by atoms with Gasteiger partial charge in [-0.15, -0.1) is 59.7 Å². The van der Waals surface area contributed by atoms with Crippen molar-refractivity contribution in [3.63, 3.8) is 0 Å². The van der Waals surface area contributed by atoms with Crippen LogP contribution in [0.4, 0.5) is 4.39 Å². The van der Waals surface area contributed by atoms with E-state index >= 15 is 0 Å². The van der Waals surface area contributed by atoms with Gasteiger partial charge < -0.3 is 19.0 Å². The molecule has 76 heavy (non-hydrogen) atoms. The van der Waals surface area contributed by atoms with Crippen LogP contribution >= 0.6 is 0 Å². The van der Waals surface area contributed by atoms with Crippen LogP contribution < -0.4 is 25.9 Å². The Balaban J connectivity index is 0.000000354. The van der Waals surface area contributed by atoms with Crippen LogP contribution in [0.25, 0.3) is 61.3 Å². The van der Waals surface area contributed by atoms with Crippen molar-refractivity contribution >= 4 is 44.9 Å². The molecular weight excluding hydrogens is 1110 g/mol. The number of aryl methyl sites for hydroxylation is 2. The molecule has 12 rings (SSSR count). The number of hydrogen-bond donors (Lipinski definition) is 0. The predicted molar refractivity (Wildman–Crippen MR) is 309 cm³/mol. The number of aromatic nitrogens is 3. The number of ether oxygens (including phenoxy) is 2. The summed E-state index contributed by atoms with van der Waals surface area (Å²) in [4.78, 5) is 9.53. The smallest absolute Gasteiger partial charge is 0.260 e. The molecule has 0 atom stereocenters. The number of rotatable bonds is 6. The number of benzene rings is 8. The summed E-state index contributed by atoms with van der Waals surface area (Å²) in [6.45, 7) is 26.8. The van der Waals surface area contributed by atoms with Crippen molar-refractivity contribution in [3.05, 3.63) is 203 Å². The van der Waals surface area contributed by atoms with Crippen LogP contribution in [0.2, 0.25) is 0 Å². The summed E-state index contributed by atoms with van der Waals surface area (Å²) in [5.41, 5.74) is 19.1. The van der Waals surface area contributed by atoms with Crippen molar-refractivity contribution in [2.75, 3.05) is 0 Å². The average molecular weight is 1180 g/mol. The second-order valence-corrected chi connectivity index (χ2v) is 23.1. The summed E-state index contributed by atoms with van der Waals surface area (Å²) in [6, 6.07) is 57.0. The van der Waals surface area contributed by atoms with Crippen molar-refractivity contribution in [1.29, 1.82) is 0 Å². The molecule has 0 N–H and O–H groups in total. The van der Waals surface area contributed by atoms with Crippen molar-refractivity contribution in [2.45, 2.75) is 106 Å². The van der Waals surface area contributed by atoms with Crippen LogP contribution in [0.1, 0.15) is 114 Å². The summed E-state index contributed by atoms with van der Waals surface area (Å²) < 4.78 is 28.9. The first-order valence-electron chi connectivity index (χ1n) is 26.3. The van der Waals surface area contributed by atoms with Gasteiger partial charge in [-0.25, -0.2) is 0 Å². The van der Waals surface area contributed by atoms with E-state index in [4.69, 9.17) is 14.5 Å². The quantitative estimate of drug-likeness (QED) is 0.123. The van der Waals surface area contributed by atoms with Crippen molar-refractivity contribution < 1.29 is 34.0 Å². The molecule has 1 radical (unpaired) electrons. The first-order valence-corrected chi connectivity index (χ1v) is 26.3. The molecule has 0 amide bonds. The Hall–Kier alpha value is -7.12. The molecule has 0 aliphatic carbocycles. The Morgan fingerprint density at radius 1 is 0.605 bits per heavy atom. The number of hydrogen-bond acceptors (Lipinski definition) is 4. The van der Waals surface area contributed by atoms with Crippen LogP contribution in [0.5, 0.6) is 23.0 Å². The van der Waals surface area contributed by atoms with E-state index in [-0.39, 0.29) is 43.5 Å². The molecule has 0 saturated carbocycles. The molecule has 2 aromatic heterocycles. The third-order valence-corrected chi connectivity index (χ3v) is 15.1. The fourth-order valence-corrected chi connectivity index (χ4v) is 10.7. The molecule has 0 fully saturated rings. The molecular formula is C68H63BFIrN3O2-2. The summed E-state index contributed by atoms with van der Waals surface area (Å²) >= 11 is 0. The van der Waals surface area contributed by atoms with E-state index in [0.717, 1.165) is 89.6 Å². The number of imidazole rings is 1. The largest absolute Gasteiger partial charge is 0.458 e. The monoisotopic (exact) mass is 1180 g/mol. The first kappa shape index (κ1) is 52.3. The van der Waals surface area contributed by atoms with E-state index in [0.29, 0.717) is 11.8 Å². The molecule has 5 nitrogen and oxygen atoms in total. The molecule has 0 unspecified atom stereocenters. The SMILES string of the molecule is CC(C)c1cccc(C(C)C)c1-n1c(-c2[c-]cc(-c3ccc4c5c6c(cc4c3)Oc3ccc(C(C)(C)C)cc3B6c3cc(C(C)(C)C)ccc3O5)cc2)nc2ccccc21.Cc1cnc(-c2[c-]cc(F)cc2)cc1C.[Ir]. The van der Waals surface area contributed by atoms with E-state index < -0.39 is 0 Å². The normalized spacial score (nSPS) is 12.6. The van der Waals surface area contributed by atoms with Gasteiger partial charge in [-0.1, -0.05) is 165 Å². The molecule has 8 aromatic carbocycles. The number of nitrogens with zero attached hydrogens (tertiary/aromatic N) is 3. The van der Waals surface area contributed by atoms with Gasteiger partial charge >= 0.3 is 0 Å². The van der Waals surface area contributed by atoms with E-state index in [2.05, 4.69) is 212 Å². The standard InChI is InChI=1S/C55H52BN2O2.C13H11FN.Ir/c1-32(2)40-14-13-15-41(33(3)4)51(40)58-46-17-12-11-16-45(46)57-53(58)35-20-18-34(19-21-35)36-22-25-42-37(28-36)29-49-50-52(42)60-48-27-24-39(55(8,9)10)31-44(48)56(50)43-30-38(54(5,6)7)23-26-47(43)59-49;1-9-7-13(15-8-10(9)2)11-3-5-12(14)6-4-11;/h11-20,22-33H,1-10H3;3,5-8H,1-2H3;/q2*-1;. The van der Waals surface area contributed by atoms with Gasteiger partial charge in [0.2, 0.25) is 0 Å². The summed E-state index contributed by atoms with van der Waals surface area (Å²) in [5, 5.41) is 2.15. The molecule has 8 heteroatoms. The fraction of sp³-hybridized carbons (Fsp3) is 0.235. The topological polar surface area (TPSA) is 49.2 Å². The van der Waals surface area contributed by atoms with Gasteiger partial charge in [0.05, 0.1) is 16.9 Å². The summed E-state index contributed by atoms with van der Waals surface area (Å²) in [5.74, 6) is 4.87. The van der Waals surface area contributed by atoms with Gasteiger partial charge in [-0.2, -0.15) is 0 Å². The molecule has 2 aliphatic heterocycles. The Morgan fingerprint density at radius 3 is 1.84 bits per heavy atom. The maximum Gasteiger partial charge on any atom is 0.260 e. The first-order chi connectivity index (χ1) is 35.8. The molecule has 0 spiro atoms.